The summed E-state index contributed by atoms with van der Waals surface area (Å²) in [4.78, 5) is 26.8. The SMILES string of the molecule is N#Cc1nc2nc3ccc(N=O)cc3nc2nc1C#N. The minimum Gasteiger partial charge on any atom is -0.224 e. The third-order valence-electron chi connectivity index (χ3n) is 2.59. The summed E-state index contributed by atoms with van der Waals surface area (Å²) < 4.78 is 0. The number of fused-ring (bicyclic) bond motifs is 2. The molecule has 3 aromatic rings. The summed E-state index contributed by atoms with van der Waals surface area (Å²) in [6.07, 6.45) is 0. The van der Waals surface area contributed by atoms with Crippen LogP contribution in [0.2, 0.25) is 0 Å². The van der Waals surface area contributed by atoms with Crippen LogP contribution in [0.4, 0.5) is 5.69 Å². The van der Waals surface area contributed by atoms with Crippen molar-refractivity contribution in [2.24, 2.45) is 5.18 Å². The van der Waals surface area contributed by atoms with Crippen LogP contribution in [0.5, 0.6) is 0 Å². The molecule has 8 nitrogen and oxygen atoms in total. The van der Waals surface area contributed by atoms with E-state index in [1.54, 1.807) is 18.2 Å². The molecule has 2 heterocycles. The molecule has 0 bridgehead atoms. The minimum absolute atomic E-state index is 0.0974. The Hall–Kier alpha value is -3.52. The van der Waals surface area contributed by atoms with Gasteiger partial charge < -0.3 is 0 Å². The van der Waals surface area contributed by atoms with Gasteiger partial charge in [0.15, 0.2) is 22.7 Å². The van der Waals surface area contributed by atoms with Crippen LogP contribution in [-0.2, 0) is 0 Å². The van der Waals surface area contributed by atoms with Gasteiger partial charge in [-0.2, -0.15) is 10.5 Å². The molecular weight excluding hydrogens is 258 g/mol. The van der Waals surface area contributed by atoms with E-state index in [1.807, 2.05) is 0 Å². The van der Waals surface area contributed by atoms with Crippen LogP contribution in [0.15, 0.2) is 23.4 Å². The maximum atomic E-state index is 10.5. The minimum atomic E-state index is -0.113. The molecule has 0 saturated carbocycles. The first kappa shape index (κ1) is 11.6. The number of nitrogens with zero attached hydrogens (tertiary/aromatic N) is 7. The topological polar surface area (TPSA) is 129 Å². The van der Waals surface area contributed by atoms with E-state index in [0.29, 0.717) is 11.0 Å². The fourth-order valence-electron chi connectivity index (χ4n) is 1.70. The highest BCUT2D eigenvalue weighted by Crippen LogP contribution is 2.20. The van der Waals surface area contributed by atoms with Crippen LogP contribution < -0.4 is 0 Å². The van der Waals surface area contributed by atoms with Crippen LogP contribution >= 0.6 is 0 Å². The molecule has 0 aliphatic heterocycles. The number of hydrogen-bond donors (Lipinski definition) is 0. The van der Waals surface area contributed by atoms with Crippen LogP contribution in [0, 0.1) is 27.6 Å². The molecule has 1 aromatic carbocycles. The number of nitriles is 2. The zero-order valence-corrected chi connectivity index (χ0v) is 9.77. The molecule has 0 spiro atoms. The summed E-state index contributed by atoms with van der Waals surface area (Å²) in [6.45, 7) is 0. The molecule has 0 radical (unpaired) electrons. The first-order chi connectivity index (χ1) is 9.75. The molecule has 20 heavy (non-hydrogen) atoms. The van der Waals surface area contributed by atoms with Crippen molar-refractivity contribution in [2.45, 2.75) is 0 Å². The van der Waals surface area contributed by atoms with Crippen molar-refractivity contribution in [3.8, 4) is 12.1 Å². The van der Waals surface area contributed by atoms with Gasteiger partial charge in [-0.3, -0.25) is 0 Å². The predicted molar refractivity (Wildman–Crippen MR) is 67.5 cm³/mol. The highest BCUT2D eigenvalue weighted by Gasteiger charge is 2.11. The second-order valence-electron chi connectivity index (χ2n) is 3.78. The molecule has 0 aliphatic rings. The summed E-state index contributed by atoms with van der Waals surface area (Å²) >= 11 is 0. The average Bonchev–Trinajstić information content (AvgIpc) is 2.50. The van der Waals surface area contributed by atoms with E-state index >= 15 is 0 Å². The number of benzene rings is 1. The lowest BCUT2D eigenvalue weighted by Gasteiger charge is -2.01. The van der Waals surface area contributed by atoms with Gasteiger partial charge in [0.2, 0.25) is 0 Å². The smallest absolute Gasteiger partial charge is 0.199 e. The lowest BCUT2D eigenvalue weighted by molar-refractivity contribution is 1.14. The molecule has 0 amide bonds. The third kappa shape index (κ3) is 1.69. The summed E-state index contributed by atoms with van der Waals surface area (Å²) in [6, 6.07) is 8.09. The Balaban J connectivity index is 2.39. The van der Waals surface area contributed by atoms with Crippen LogP contribution in [0.3, 0.4) is 0 Å². The van der Waals surface area contributed by atoms with E-state index < -0.39 is 0 Å². The Morgan fingerprint density at radius 2 is 1.50 bits per heavy atom. The van der Waals surface area contributed by atoms with Crippen LogP contribution in [0.1, 0.15) is 11.4 Å². The van der Waals surface area contributed by atoms with Gasteiger partial charge in [0.1, 0.15) is 17.8 Å². The molecule has 0 fully saturated rings. The van der Waals surface area contributed by atoms with Crippen LogP contribution in [-0.4, -0.2) is 19.9 Å². The summed E-state index contributed by atoms with van der Waals surface area (Å²) in [5.74, 6) is 0. The fraction of sp³-hybridized carbons (Fsp3) is 0. The standard InChI is InChI=1S/C12H3N7O/c13-4-9-10(5-14)18-12-11(17-9)15-7-2-1-6(19-20)3-8(7)16-12/h1-3H. The van der Waals surface area contributed by atoms with E-state index in [9.17, 15) is 4.91 Å². The first-order valence-corrected chi connectivity index (χ1v) is 5.38. The third-order valence-corrected chi connectivity index (χ3v) is 2.59. The normalized spacial score (nSPS) is 10.1. The highest BCUT2D eigenvalue weighted by atomic mass is 16.3. The van der Waals surface area contributed by atoms with E-state index in [0.717, 1.165) is 0 Å². The molecule has 0 N–H and O–H groups in total. The van der Waals surface area contributed by atoms with Gasteiger partial charge in [0.25, 0.3) is 0 Å². The van der Waals surface area contributed by atoms with Gasteiger partial charge in [0.05, 0.1) is 11.0 Å². The lowest BCUT2D eigenvalue weighted by Crippen LogP contribution is -1.99. The number of rotatable bonds is 1. The second kappa shape index (κ2) is 4.30. The Kier molecular flexibility index (Phi) is 2.49. The number of aromatic nitrogens is 4. The summed E-state index contributed by atoms with van der Waals surface area (Å²) in [5, 5.41) is 20.6. The Morgan fingerprint density at radius 3 is 2.05 bits per heavy atom. The van der Waals surface area contributed by atoms with Gasteiger partial charge in [-0.1, -0.05) is 0 Å². The van der Waals surface area contributed by atoms with Crippen molar-refractivity contribution in [3.05, 3.63) is 34.5 Å². The summed E-state index contributed by atoms with van der Waals surface area (Å²) in [5.41, 5.74) is 1.22. The van der Waals surface area contributed by atoms with E-state index in [2.05, 4.69) is 25.1 Å². The Labute approximate surface area is 111 Å². The molecule has 0 saturated heterocycles. The zero-order valence-electron chi connectivity index (χ0n) is 9.77. The summed E-state index contributed by atoms with van der Waals surface area (Å²) in [7, 11) is 0. The van der Waals surface area contributed by atoms with Crippen molar-refractivity contribution < 1.29 is 0 Å². The molecular formula is C12H3N7O. The second-order valence-corrected chi connectivity index (χ2v) is 3.78. The Bertz CT molecular complexity index is 952. The van der Waals surface area contributed by atoms with E-state index in [4.69, 9.17) is 10.5 Å². The maximum Gasteiger partial charge on any atom is 0.199 e. The number of hydrogen-bond acceptors (Lipinski definition) is 8. The first-order valence-electron chi connectivity index (χ1n) is 5.38. The molecule has 92 valence electrons. The monoisotopic (exact) mass is 261 g/mol. The van der Waals surface area contributed by atoms with E-state index in [1.165, 1.54) is 12.1 Å². The molecule has 0 aliphatic carbocycles. The molecule has 0 unspecified atom stereocenters. The van der Waals surface area contributed by atoms with E-state index in [-0.39, 0.29) is 28.4 Å². The van der Waals surface area contributed by atoms with Gasteiger partial charge in [-0.15, -0.1) is 4.91 Å². The van der Waals surface area contributed by atoms with Gasteiger partial charge in [-0.25, -0.2) is 19.9 Å². The molecule has 0 atom stereocenters. The van der Waals surface area contributed by atoms with Crippen LogP contribution in [0.25, 0.3) is 22.3 Å². The molecule has 8 heteroatoms. The maximum absolute atomic E-state index is 10.5. The molecule has 3 rings (SSSR count). The lowest BCUT2D eigenvalue weighted by atomic mass is 10.2. The average molecular weight is 261 g/mol. The number of nitroso groups, excluding NO2 is 1. The van der Waals surface area contributed by atoms with Crippen molar-refractivity contribution >= 4 is 28.0 Å². The predicted octanol–water partition coefficient (Wildman–Crippen LogP) is 1.71. The van der Waals surface area contributed by atoms with Crippen molar-refractivity contribution in [1.29, 1.82) is 10.5 Å². The van der Waals surface area contributed by atoms with Crippen molar-refractivity contribution in [2.75, 3.05) is 0 Å². The van der Waals surface area contributed by atoms with Crippen molar-refractivity contribution in [1.82, 2.24) is 19.9 Å². The van der Waals surface area contributed by atoms with Gasteiger partial charge in [0, 0.05) is 0 Å². The fourth-order valence-corrected chi connectivity index (χ4v) is 1.70. The van der Waals surface area contributed by atoms with Gasteiger partial charge in [-0.05, 0) is 23.4 Å². The highest BCUT2D eigenvalue weighted by molar-refractivity contribution is 5.84. The van der Waals surface area contributed by atoms with Gasteiger partial charge >= 0.3 is 0 Å². The largest absolute Gasteiger partial charge is 0.224 e. The molecule has 2 aromatic heterocycles. The Morgan fingerprint density at radius 1 is 0.900 bits per heavy atom. The van der Waals surface area contributed by atoms with Crippen molar-refractivity contribution in [3.63, 3.8) is 0 Å². The quantitative estimate of drug-likeness (QED) is 0.481. The zero-order chi connectivity index (χ0) is 14.1.